The van der Waals surface area contributed by atoms with Crippen LogP contribution < -0.4 is 15.4 Å². The number of aromatic nitrogens is 2. The maximum absolute atomic E-state index is 14.0. The zero-order chi connectivity index (χ0) is 36.4. The van der Waals surface area contributed by atoms with Crippen molar-refractivity contribution in [2.75, 3.05) is 40.3 Å². The fourth-order valence-corrected chi connectivity index (χ4v) is 7.22. The van der Waals surface area contributed by atoms with Crippen molar-refractivity contribution in [3.05, 3.63) is 102 Å². The van der Waals surface area contributed by atoms with Gasteiger partial charge in [-0.05, 0) is 47.9 Å². The van der Waals surface area contributed by atoms with Crippen molar-refractivity contribution >= 4 is 51.3 Å². The Labute approximate surface area is 300 Å². The first-order chi connectivity index (χ1) is 25.1. The van der Waals surface area contributed by atoms with E-state index in [2.05, 4.69) is 20.6 Å². The van der Waals surface area contributed by atoms with Crippen LogP contribution in [0.5, 0.6) is 5.75 Å². The highest BCUT2D eigenvalue weighted by Crippen LogP contribution is 2.24. The number of hydrogen-bond acceptors (Lipinski definition) is 6. The van der Waals surface area contributed by atoms with Crippen LogP contribution in [0.15, 0.2) is 85.2 Å². The van der Waals surface area contributed by atoms with E-state index in [0.29, 0.717) is 17.7 Å². The highest BCUT2D eigenvalue weighted by Gasteiger charge is 2.38. The second-order valence-electron chi connectivity index (χ2n) is 13.6. The summed E-state index contributed by atoms with van der Waals surface area (Å²) in [5.74, 6) is -1.31. The number of rotatable bonds is 6. The Balaban J connectivity index is 1.09. The van der Waals surface area contributed by atoms with E-state index in [0.717, 1.165) is 32.9 Å². The molecule has 5 aromatic rings. The fraction of sp³-hybridized carbons (Fsp3) is 0.308. The molecular weight excluding hydrogens is 662 g/mol. The molecule has 3 atom stereocenters. The summed E-state index contributed by atoms with van der Waals surface area (Å²) in [6, 6.07) is 20.3. The minimum Gasteiger partial charge on any atom is -0.491 e. The molecule has 1 fully saturated rings. The van der Waals surface area contributed by atoms with Crippen LogP contribution >= 0.6 is 0 Å². The van der Waals surface area contributed by atoms with Crippen LogP contribution in [0.2, 0.25) is 0 Å². The van der Waals surface area contributed by atoms with Gasteiger partial charge in [0.05, 0.1) is 25.4 Å². The molecule has 0 unspecified atom stereocenters. The molecule has 0 saturated carbocycles. The molecule has 4 heterocycles. The van der Waals surface area contributed by atoms with Crippen molar-refractivity contribution in [1.82, 2.24) is 35.3 Å². The summed E-state index contributed by atoms with van der Waals surface area (Å²) in [4.78, 5) is 78.7. The molecule has 2 bridgehead atoms. The molecule has 0 radical (unpaired) electrons. The predicted octanol–water partition coefficient (Wildman–Crippen LogP) is 2.63. The molecule has 268 valence electrons. The van der Waals surface area contributed by atoms with Gasteiger partial charge in [-0.3, -0.25) is 24.0 Å². The van der Waals surface area contributed by atoms with Crippen LogP contribution in [0.25, 0.3) is 21.8 Å². The molecule has 5 amide bonds. The second-order valence-corrected chi connectivity index (χ2v) is 13.6. The number of para-hydroxylation sites is 2. The highest BCUT2D eigenvalue weighted by molar-refractivity contribution is 5.96. The van der Waals surface area contributed by atoms with Crippen LogP contribution in [0.4, 0.5) is 0 Å². The molecular formula is C39H41N7O6. The van der Waals surface area contributed by atoms with Gasteiger partial charge in [0.1, 0.15) is 18.4 Å². The summed E-state index contributed by atoms with van der Waals surface area (Å²) in [7, 11) is 3.07. The largest absolute Gasteiger partial charge is 0.491 e. The standard InChI is InChI=1S/C39H41N7O6/c1-44-21-34(43-36(48)16-26-19-41-33-13-6-4-11-31(26)33)39(51)45(2)22-37(49)46-20-27(17-28(46)23-52-29-9-7-8-24(14-29)38(44)50)42-35(47)15-25-18-40-32-12-5-3-10-30(25)32/h3-14,18-19,27-28,34,40-41H,15-17,20-23H2,1-2H3,(H,42,47)(H,43,48)/t27-,28+,34+/m1/s1. The Hall–Kier alpha value is -6.11. The van der Waals surface area contributed by atoms with Gasteiger partial charge in [0.25, 0.3) is 5.91 Å². The SMILES string of the molecule is CN1C[C@H](NC(=O)Cc2c[nH]c3ccccc23)C(=O)N(C)CC(=O)N2C[C@H](NC(=O)Cc3c[nH]c4ccccc34)C[C@H]2COc2cccc(c2)C1=O. The predicted molar refractivity (Wildman–Crippen MR) is 195 cm³/mol. The lowest BCUT2D eigenvalue weighted by Gasteiger charge is -2.30. The van der Waals surface area contributed by atoms with E-state index in [1.54, 1.807) is 42.4 Å². The van der Waals surface area contributed by atoms with Crippen LogP contribution in [-0.2, 0) is 32.0 Å². The zero-order valence-electron chi connectivity index (χ0n) is 29.1. The van der Waals surface area contributed by atoms with E-state index in [4.69, 9.17) is 4.74 Å². The Morgan fingerprint density at radius 2 is 1.42 bits per heavy atom. The third-order valence-corrected chi connectivity index (χ3v) is 9.86. The van der Waals surface area contributed by atoms with Gasteiger partial charge in [0.2, 0.25) is 23.6 Å². The number of aromatic amines is 2. The van der Waals surface area contributed by atoms with E-state index in [1.165, 1.54) is 16.8 Å². The summed E-state index contributed by atoms with van der Waals surface area (Å²) in [6.45, 7) is -0.0395. The number of H-pyrrole nitrogens is 2. The Morgan fingerprint density at radius 1 is 0.788 bits per heavy atom. The number of carbonyl (C=O) groups is 5. The monoisotopic (exact) mass is 703 g/mol. The smallest absolute Gasteiger partial charge is 0.253 e. The summed E-state index contributed by atoms with van der Waals surface area (Å²) in [5, 5.41) is 7.81. The lowest BCUT2D eigenvalue weighted by Crippen LogP contribution is -2.55. The molecule has 4 N–H and O–H groups in total. The number of carbonyl (C=O) groups excluding carboxylic acids is 5. The maximum Gasteiger partial charge on any atom is 0.253 e. The molecule has 0 spiro atoms. The number of hydrogen-bond donors (Lipinski definition) is 4. The quantitative estimate of drug-likeness (QED) is 0.213. The first-order valence-electron chi connectivity index (χ1n) is 17.3. The van der Waals surface area contributed by atoms with Gasteiger partial charge in [-0.25, -0.2) is 0 Å². The molecule has 0 aliphatic carbocycles. The molecule has 13 nitrogen and oxygen atoms in total. The second kappa shape index (κ2) is 14.6. The molecule has 2 aliphatic heterocycles. The van der Waals surface area contributed by atoms with Crippen molar-refractivity contribution in [1.29, 1.82) is 0 Å². The summed E-state index contributed by atoms with van der Waals surface area (Å²) in [6.07, 6.45) is 4.23. The molecule has 1 saturated heterocycles. The topological polar surface area (TPSA) is 160 Å². The van der Waals surface area contributed by atoms with E-state index >= 15 is 0 Å². The van der Waals surface area contributed by atoms with Gasteiger partial charge in [-0.2, -0.15) is 0 Å². The average Bonchev–Trinajstić information content (AvgIpc) is 3.86. The van der Waals surface area contributed by atoms with E-state index in [9.17, 15) is 24.0 Å². The summed E-state index contributed by atoms with van der Waals surface area (Å²) < 4.78 is 6.14. The molecule has 2 aliphatic rings. The van der Waals surface area contributed by atoms with E-state index < -0.39 is 23.9 Å². The van der Waals surface area contributed by atoms with Crippen LogP contribution in [0.1, 0.15) is 27.9 Å². The van der Waals surface area contributed by atoms with Crippen LogP contribution in [0.3, 0.4) is 0 Å². The number of nitrogens with zero attached hydrogens (tertiary/aromatic N) is 3. The minimum atomic E-state index is -1.13. The van der Waals surface area contributed by atoms with Gasteiger partial charge in [-0.1, -0.05) is 42.5 Å². The Bertz CT molecular complexity index is 2160. The summed E-state index contributed by atoms with van der Waals surface area (Å²) in [5.41, 5.74) is 3.84. The Kier molecular flexibility index (Phi) is 9.66. The zero-order valence-corrected chi connectivity index (χ0v) is 29.1. The fourth-order valence-electron chi connectivity index (χ4n) is 7.22. The van der Waals surface area contributed by atoms with Crippen LogP contribution in [-0.4, -0.2) is 113 Å². The van der Waals surface area contributed by atoms with Gasteiger partial charge in [0.15, 0.2) is 0 Å². The van der Waals surface area contributed by atoms with Gasteiger partial charge < -0.3 is 40.0 Å². The first-order valence-corrected chi connectivity index (χ1v) is 17.3. The Morgan fingerprint density at radius 3 is 2.10 bits per heavy atom. The lowest BCUT2D eigenvalue weighted by molar-refractivity contribution is -0.142. The number of benzene rings is 3. The number of amides is 5. The number of nitrogens with one attached hydrogen (secondary N) is 4. The normalized spacial score (nSPS) is 20.0. The number of fused-ring (bicyclic) bond motifs is 5. The third kappa shape index (κ3) is 7.34. The number of ether oxygens (including phenoxy) is 1. The van der Waals surface area contributed by atoms with Crippen molar-refractivity contribution in [2.24, 2.45) is 0 Å². The minimum absolute atomic E-state index is 0.0103. The molecule has 3 aromatic carbocycles. The third-order valence-electron chi connectivity index (χ3n) is 9.86. The molecule has 2 aromatic heterocycles. The molecule has 13 heteroatoms. The van der Waals surface area contributed by atoms with Crippen LogP contribution in [0, 0.1) is 0 Å². The maximum atomic E-state index is 14.0. The first kappa shape index (κ1) is 34.3. The highest BCUT2D eigenvalue weighted by atomic mass is 16.5. The van der Waals surface area contributed by atoms with E-state index in [1.807, 2.05) is 54.7 Å². The van der Waals surface area contributed by atoms with Crippen molar-refractivity contribution in [2.45, 2.75) is 37.4 Å². The van der Waals surface area contributed by atoms with Crippen molar-refractivity contribution in [3.8, 4) is 5.75 Å². The average molecular weight is 704 g/mol. The molecule has 52 heavy (non-hydrogen) atoms. The van der Waals surface area contributed by atoms with E-state index in [-0.39, 0.29) is 62.8 Å². The van der Waals surface area contributed by atoms with Crippen molar-refractivity contribution < 1.29 is 28.7 Å². The number of likely N-dealkylation sites (N-methyl/N-ethyl adjacent to an activating group) is 2. The van der Waals surface area contributed by atoms with Gasteiger partial charge in [-0.15, -0.1) is 0 Å². The van der Waals surface area contributed by atoms with Gasteiger partial charge in [0, 0.05) is 73.0 Å². The van der Waals surface area contributed by atoms with Crippen molar-refractivity contribution in [3.63, 3.8) is 0 Å². The lowest BCUT2D eigenvalue weighted by atomic mass is 10.1. The van der Waals surface area contributed by atoms with Gasteiger partial charge >= 0.3 is 0 Å². The summed E-state index contributed by atoms with van der Waals surface area (Å²) >= 11 is 0. The molecule has 7 rings (SSSR count).